The number of carbonyl (C=O) groups is 1. The predicted molar refractivity (Wildman–Crippen MR) is 134 cm³/mol. The lowest BCUT2D eigenvalue weighted by Crippen LogP contribution is -2.43. The van der Waals surface area contributed by atoms with Crippen molar-refractivity contribution in [3.05, 3.63) is 47.8 Å². The zero-order valence-corrected chi connectivity index (χ0v) is 21.3. The van der Waals surface area contributed by atoms with Crippen LogP contribution in [0.3, 0.4) is 0 Å². The Morgan fingerprint density at radius 1 is 1.06 bits per heavy atom. The van der Waals surface area contributed by atoms with Gasteiger partial charge in [-0.05, 0) is 55.3 Å². The van der Waals surface area contributed by atoms with Crippen molar-refractivity contribution in [1.82, 2.24) is 9.29 Å². The summed E-state index contributed by atoms with van der Waals surface area (Å²) in [6.45, 7) is 0.493. The highest BCUT2D eigenvalue weighted by Gasteiger charge is 2.33. The molecule has 0 aliphatic carbocycles. The van der Waals surface area contributed by atoms with Crippen LogP contribution in [0.4, 0.5) is 5.13 Å². The Hall–Kier alpha value is -3.15. The number of hydrogen-bond acceptors (Lipinski definition) is 8. The Morgan fingerprint density at radius 3 is 2.49 bits per heavy atom. The number of amides is 1. The van der Waals surface area contributed by atoms with Gasteiger partial charge in [0.25, 0.3) is 0 Å². The van der Waals surface area contributed by atoms with Crippen molar-refractivity contribution >= 4 is 32.4 Å². The molecular formula is C24H27N3O6S2. The molecule has 1 atom stereocenters. The number of anilines is 1. The van der Waals surface area contributed by atoms with E-state index in [0.717, 1.165) is 5.56 Å². The number of benzene rings is 2. The van der Waals surface area contributed by atoms with Crippen LogP contribution in [0.15, 0.2) is 52.7 Å². The molecule has 3 aromatic rings. The van der Waals surface area contributed by atoms with Gasteiger partial charge in [0.05, 0.1) is 37.8 Å². The predicted octanol–water partition coefficient (Wildman–Crippen LogP) is 3.88. The van der Waals surface area contributed by atoms with Crippen LogP contribution in [0.5, 0.6) is 17.2 Å². The van der Waals surface area contributed by atoms with Gasteiger partial charge >= 0.3 is 0 Å². The summed E-state index contributed by atoms with van der Waals surface area (Å²) in [6, 6.07) is 11.7. The molecule has 1 amide bonds. The molecule has 1 aliphatic rings. The molecule has 1 N–H and O–H groups in total. The first-order chi connectivity index (χ1) is 16.8. The SMILES string of the molecule is COc1ccc(S(=O)(=O)N2CCCC(C(=O)Nc3nc(-c4ccc(OC)c(OC)c4)cs3)C2)cc1. The van der Waals surface area contributed by atoms with E-state index in [-0.39, 0.29) is 17.3 Å². The number of aromatic nitrogens is 1. The summed E-state index contributed by atoms with van der Waals surface area (Å²) in [5, 5.41) is 5.15. The zero-order chi connectivity index (χ0) is 25.0. The maximum absolute atomic E-state index is 13.1. The van der Waals surface area contributed by atoms with Gasteiger partial charge in [-0.25, -0.2) is 13.4 Å². The number of hydrogen-bond donors (Lipinski definition) is 1. The topological polar surface area (TPSA) is 107 Å². The number of nitrogens with zero attached hydrogens (tertiary/aromatic N) is 2. The van der Waals surface area contributed by atoms with Crippen LogP contribution >= 0.6 is 11.3 Å². The first kappa shape index (κ1) is 25.0. The lowest BCUT2D eigenvalue weighted by Gasteiger charge is -2.31. The third-order valence-electron chi connectivity index (χ3n) is 5.87. The van der Waals surface area contributed by atoms with E-state index in [2.05, 4.69) is 10.3 Å². The average molecular weight is 518 g/mol. The molecule has 1 aliphatic heterocycles. The summed E-state index contributed by atoms with van der Waals surface area (Å²) in [5.41, 5.74) is 1.52. The molecule has 0 bridgehead atoms. The second kappa shape index (κ2) is 10.6. The average Bonchev–Trinajstić information content (AvgIpc) is 3.36. The molecule has 1 fully saturated rings. The molecule has 1 aromatic heterocycles. The number of carbonyl (C=O) groups excluding carboxylic acids is 1. The maximum Gasteiger partial charge on any atom is 0.243 e. The molecule has 2 heterocycles. The molecule has 0 spiro atoms. The van der Waals surface area contributed by atoms with Crippen LogP contribution in [0.1, 0.15) is 12.8 Å². The van der Waals surface area contributed by atoms with Crippen LogP contribution in [0, 0.1) is 5.92 Å². The number of nitrogens with one attached hydrogen (secondary N) is 1. The van der Waals surface area contributed by atoms with Gasteiger partial charge in [-0.15, -0.1) is 11.3 Å². The van der Waals surface area contributed by atoms with E-state index in [4.69, 9.17) is 14.2 Å². The van der Waals surface area contributed by atoms with Crippen LogP contribution in [-0.2, 0) is 14.8 Å². The molecule has 1 unspecified atom stereocenters. The normalized spacial score (nSPS) is 16.5. The van der Waals surface area contributed by atoms with E-state index in [0.29, 0.717) is 47.5 Å². The van der Waals surface area contributed by atoms with E-state index < -0.39 is 15.9 Å². The van der Waals surface area contributed by atoms with Crippen molar-refractivity contribution in [2.45, 2.75) is 17.7 Å². The van der Waals surface area contributed by atoms with Gasteiger partial charge in [-0.3, -0.25) is 4.79 Å². The lowest BCUT2D eigenvalue weighted by molar-refractivity contribution is -0.120. The number of piperidine rings is 1. The number of thiazole rings is 1. The Balaban J connectivity index is 1.43. The smallest absolute Gasteiger partial charge is 0.243 e. The molecular weight excluding hydrogens is 490 g/mol. The molecule has 186 valence electrons. The van der Waals surface area contributed by atoms with Crippen LogP contribution in [0.25, 0.3) is 11.3 Å². The zero-order valence-electron chi connectivity index (χ0n) is 19.7. The molecule has 0 radical (unpaired) electrons. The second-order valence-electron chi connectivity index (χ2n) is 7.97. The molecule has 9 nitrogen and oxygen atoms in total. The highest BCUT2D eigenvalue weighted by molar-refractivity contribution is 7.89. The Bertz CT molecular complexity index is 1290. The van der Waals surface area contributed by atoms with Gasteiger partial charge < -0.3 is 19.5 Å². The van der Waals surface area contributed by atoms with E-state index >= 15 is 0 Å². The van der Waals surface area contributed by atoms with Gasteiger partial charge in [-0.2, -0.15) is 4.31 Å². The van der Waals surface area contributed by atoms with E-state index in [1.807, 2.05) is 17.5 Å². The third kappa shape index (κ3) is 5.42. The summed E-state index contributed by atoms with van der Waals surface area (Å²) in [4.78, 5) is 17.7. The number of sulfonamides is 1. The van der Waals surface area contributed by atoms with Crippen molar-refractivity contribution in [3.8, 4) is 28.5 Å². The Morgan fingerprint density at radius 2 is 1.80 bits per heavy atom. The molecule has 0 saturated carbocycles. The summed E-state index contributed by atoms with van der Waals surface area (Å²) >= 11 is 1.31. The van der Waals surface area contributed by atoms with E-state index in [9.17, 15) is 13.2 Å². The minimum atomic E-state index is -3.71. The first-order valence-corrected chi connectivity index (χ1v) is 13.3. The summed E-state index contributed by atoms with van der Waals surface area (Å²) < 4.78 is 43.3. The molecule has 35 heavy (non-hydrogen) atoms. The minimum absolute atomic E-state index is 0.119. The number of methoxy groups -OCH3 is 3. The standard InChI is InChI=1S/C24H27N3O6S2/c1-31-18-7-9-19(10-8-18)35(29,30)27-12-4-5-17(14-27)23(28)26-24-25-20(15-34-24)16-6-11-21(32-2)22(13-16)33-3/h6-11,13,15,17H,4-5,12,14H2,1-3H3,(H,25,26,28). The highest BCUT2D eigenvalue weighted by Crippen LogP contribution is 2.34. The fourth-order valence-corrected chi connectivity index (χ4v) is 6.18. The van der Waals surface area contributed by atoms with Crippen LogP contribution < -0.4 is 19.5 Å². The van der Waals surface area contributed by atoms with Crippen molar-refractivity contribution in [3.63, 3.8) is 0 Å². The molecule has 2 aromatic carbocycles. The van der Waals surface area contributed by atoms with Gasteiger partial charge in [-0.1, -0.05) is 0 Å². The largest absolute Gasteiger partial charge is 0.497 e. The van der Waals surface area contributed by atoms with Crippen molar-refractivity contribution in [2.24, 2.45) is 5.92 Å². The monoisotopic (exact) mass is 517 g/mol. The van der Waals surface area contributed by atoms with Gasteiger partial charge in [0.1, 0.15) is 5.75 Å². The maximum atomic E-state index is 13.1. The Kier molecular flexibility index (Phi) is 7.58. The molecule has 1 saturated heterocycles. The quantitative estimate of drug-likeness (QED) is 0.483. The lowest BCUT2D eigenvalue weighted by atomic mass is 9.99. The summed E-state index contributed by atoms with van der Waals surface area (Å²) in [7, 11) is 0.955. The molecule has 11 heteroatoms. The molecule has 4 rings (SSSR count). The minimum Gasteiger partial charge on any atom is -0.497 e. The van der Waals surface area contributed by atoms with E-state index in [1.165, 1.54) is 34.9 Å². The van der Waals surface area contributed by atoms with Gasteiger partial charge in [0.2, 0.25) is 15.9 Å². The number of rotatable bonds is 8. The highest BCUT2D eigenvalue weighted by atomic mass is 32.2. The van der Waals surface area contributed by atoms with Crippen LogP contribution in [0.2, 0.25) is 0 Å². The fourth-order valence-electron chi connectivity index (χ4n) is 3.94. The van der Waals surface area contributed by atoms with Crippen molar-refractivity contribution < 1.29 is 27.4 Å². The summed E-state index contributed by atoms with van der Waals surface area (Å²) in [5.74, 6) is 1.07. The summed E-state index contributed by atoms with van der Waals surface area (Å²) in [6.07, 6.45) is 1.20. The fraction of sp³-hybridized carbons (Fsp3) is 0.333. The van der Waals surface area contributed by atoms with Crippen LogP contribution in [-0.4, -0.2) is 58.0 Å². The van der Waals surface area contributed by atoms with Crippen molar-refractivity contribution in [1.29, 1.82) is 0 Å². The van der Waals surface area contributed by atoms with Gasteiger partial charge in [0.15, 0.2) is 16.6 Å². The van der Waals surface area contributed by atoms with Crippen molar-refractivity contribution in [2.75, 3.05) is 39.7 Å². The second-order valence-corrected chi connectivity index (χ2v) is 10.8. The third-order valence-corrected chi connectivity index (χ3v) is 8.50. The van der Waals surface area contributed by atoms with E-state index in [1.54, 1.807) is 32.4 Å². The number of ether oxygens (including phenoxy) is 3. The van der Waals surface area contributed by atoms with Gasteiger partial charge in [0, 0.05) is 24.0 Å². The first-order valence-electron chi connectivity index (χ1n) is 11.0. The Labute approximate surface area is 208 Å².